The summed E-state index contributed by atoms with van der Waals surface area (Å²) >= 11 is 5.55. The highest BCUT2D eigenvalue weighted by molar-refractivity contribution is 7.80. The first-order valence-corrected chi connectivity index (χ1v) is 9.04. The van der Waals surface area contributed by atoms with Gasteiger partial charge in [0.2, 0.25) is 0 Å². The van der Waals surface area contributed by atoms with E-state index in [0.29, 0.717) is 10.7 Å². The maximum Gasteiger partial charge on any atom is 0.173 e. The Hall–Kier alpha value is -2.60. The van der Waals surface area contributed by atoms with Gasteiger partial charge < -0.3 is 19.9 Å². The van der Waals surface area contributed by atoms with Crippen molar-refractivity contribution in [3.63, 3.8) is 0 Å². The SMILES string of the molecule is COc1ccccc1N1CCN(C(=S)Nc2ccc(C(C)=O)cc2)CC1. The molecule has 136 valence electrons. The van der Waals surface area contributed by atoms with E-state index in [1.54, 1.807) is 14.0 Å². The van der Waals surface area contributed by atoms with Crippen molar-refractivity contribution in [2.45, 2.75) is 6.92 Å². The lowest BCUT2D eigenvalue weighted by atomic mass is 10.1. The fourth-order valence-electron chi connectivity index (χ4n) is 3.03. The average Bonchev–Trinajstić information content (AvgIpc) is 2.68. The Bertz CT molecular complexity index is 784. The number of para-hydroxylation sites is 2. The molecule has 1 heterocycles. The highest BCUT2D eigenvalue weighted by atomic mass is 32.1. The molecule has 0 bridgehead atoms. The number of nitrogens with one attached hydrogen (secondary N) is 1. The van der Waals surface area contributed by atoms with Crippen molar-refractivity contribution in [1.29, 1.82) is 0 Å². The number of methoxy groups -OCH3 is 1. The van der Waals surface area contributed by atoms with Crippen LogP contribution in [0.2, 0.25) is 0 Å². The molecule has 0 unspecified atom stereocenters. The molecule has 0 saturated carbocycles. The van der Waals surface area contributed by atoms with E-state index in [9.17, 15) is 4.79 Å². The summed E-state index contributed by atoms with van der Waals surface area (Å²) in [5, 5.41) is 3.97. The molecule has 1 aliphatic rings. The van der Waals surface area contributed by atoms with E-state index in [1.807, 2.05) is 42.5 Å². The van der Waals surface area contributed by atoms with Crippen molar-refractivity contribution in [3.05, 3.63) is 54.1 Å². The quantitative estimate of drug-likeness (QED) is 0.658. The summed E-state index contributed by atoms with van der Waals surface area (Å²) in [5.41, 5.74) is 2.72. The summed E-state index contributed by atoms with van der Waals surface area (Å²) in [7, 11) is 1.70. The lowest BCUT2D eigenvalue weighted by Gasteiger charge is -2.37. The van der Waals surface area contributed by atoms with Crippen molar-refractivity contribution < 1.29 is 9.53 Å². The minimum atomic E-state index is 0.0617. The third-order valence-corrected chi connectivity index (χ3v) is 4.90. The smallest absolute Gasteiger partial charge is 0.173 e. The fourth-order valence-corrected chi connectivity index (χ4v) is 3.33. The van der Waals surface area contributed by atoms with E-state index >= 15 is 0 Å². The zero-order valence-corrected chi connectivity index (χ0v) is 15.9. The standard InChI is InChI=1S/C20H23N3O2S/c1-15(24)16-7-9-17(10-8-16)21-20(26)23-13-11-22(12-14-23)18-5-3-4-6-19(18)25-2/h3-10H,11-14H2,1-2H3,(H,21,26). The Kier molecular flexibility index (Phi) is 5.73. The van der Waals surface area contributed by atoms with Crippen LogP contribution in [0.15, 0.2) is 48.5 Å². The molecule has 0 amide bonds. The zero-order chi connectivity index (χ0) is 18.5. The second-order valence-corrected chi connectivity index (χ2v) is 6.60. The van der Waals surface area contributed by atoms with Crippen LogP contribution in [0.25, 0.3) is 0 Å². The maximum absolute atomic E-state index is 11.4. The first-order chi connectivity index (χ1) is 12.6. The molecule has 0 aliphatic carbocycles. The molecule has 3 rings (SSSR count). The zero-order valence-electron chi connectivity index (χ0n) is 15.1. The molecule has 26 heavy (non-hydrogen) atoms. The van der Waals surface area contributed by atoms with Gasteiger partial charge in [-0.1, -0.05) is 12.1 Å². The van der Waals surface area contributed by atoms with Gasteiger partial charge >= 0.3 is 0 Å². The molecule has 0 aromatic heterocycles. The molecular weight excluding hydrogens is 346 g/mol. The summed E-state index contributed by atoms with van der Waals surface area (Å²) in [4.78, 5) is 15.8. The van der Waals surface area contributed by atoms with Gasteiger partial charge in [-0.2, -0.15) is 0 Å². The van der Waals surface area contributed by atoms with Gasteiger partial charge in [0.25, 0.3) is 0 Å². The van der Waals surface area contributed by atoms with Gasteiger partial charge in [0, 0.05) is 37.4 Å². The summed E-state index contributed by atoms with van der Waals surface area (Å²) in [5.74, 6) is 0.957. The number of Topliss-reactive ketones (excluding diaryl/α,β-unsaturated/α-hetero) is 1. The molecular formula is C20H23N3O2S. The predicted molar refractivity (Wildman–Crippen MR) is 109 cm³/mol. The van der Waals surface area contributed by atoms with Crippen LogP contribution in [0.1, 0.15) is 17.3 Å². The highest BCUT2D eigenvalue weighted by Crippen LogP contribution is 2.28. The fraction of sp³-hybridized carbons (Fsp3) is 0.300. The molecule has 6 heteroatoms. The summed E-state index contributed by atoms with van der Waals surface area (Å²) in [6.45, 7) is 5.01. The van der Waals surface area contributed by atoms with Crippen LogP contribution < -0.4 is 15.0 Å². The Morgan fingerprint density at radius 1 is 1.04 bits per heavy atom. The Morgan fingerprint density at radius 2 is 1.69 bits per heavy atom. The van der Waals surface area contributed by atoms with Gasteiger partial charge in [0.1, 0.15) is 5.75 Å². The van der Waals surface area contributed by atoms with Crippen molar-refractivity contribution in [2.24, 2.45) is 0 Å². The Labute approximate surface area is 159 Å². The van der Waals surface area contributed by atoms with E-state index in [1.165, 1.54) is 0 Å². The van der Waals surface area contributed by atoms with Gasteiger partial charge in [-0.05, 0) is 55.5 Å². The number of benzene rings is 2. The topological polar surface area (TPSA) is 44.8 Å². The Morgan fingerprint density at radius 3 is 2.31 bits per heavy atom. The summed E-state index contributed by atoms with van der Waals surface area (Å²) < 4.78 is 5.46. The van der Waals surface area contributed by atoms with Crippen LogP contribution in [0.3, 0.4) is 0 Å². The molecule has 5 nitrogen and oxygen atoms in total. The molecule has 2 aromatic rings. The van der Waals surface area contributed by atoms with E-state index in [2.05, 4.69) is 21.2 Å². The first-order valence-electron chi connectivity index (χ1n) is 8.63. The molecule has 1 fully saturated rings. The van der Waals surface area contributed by atoms with E-state index in [-0.39, 0.29) is 5.78 Å². The van der Waals surface area contributed by atoms with Crippen LogP contribution in [0.4, 0.5) is 11.4 Å². The van der Waals surface area contributed by atoms with Gasteiger partial charge in [0.15, 0.2) is 10.9 Å². The molecule has 0 radical (unpaired) electrons. The van der Waals surface area contributed by atoms with Gasteiger partial charge in [0.05, 0.1) is 12.8 Å². The van der Waals surface area contributed by atoms with Crippen molar-refractivity contribution >= 4 is 34.5 Å². The third kappa shape index (κ3) is 4.14. The van der Waals surface area contributed by atoms with Gasteiger partial charge in [-0.15, -0.1) is 0 Å². The van der Waals surface area contributed by atoms with Crippen LogP contribution in [0.5, 0.6) is 5.75 Å². The molecule has 0 spiro atoms. The lowest BCUT2D eigenvalue weighted by molar-refractivity contribution is 0.101. The number of carbonyl (C=O) groups excluding carboxylic acids is 1. The normalized spacial score (nSPS) is 14.1. The van der Waals surface area contributed by atoms with Crippen molar-refractivity contribution in [3.8, 4) is 5.75 Å². The summed E-state index contributed by atoms with van der Waals surface area (Å²) in [6, 6.07) is 15.5. The Balaban J connectivity index is 1.57. The van der Waals surface area contributed by atoms with Gasteiger partial charge in [-0.3, -0.25) is 4.79 Å². The number of rotatable bonds is 4. The number of ketones is 1. The molecule has 1 aliphatic heterocycles. The van der Waals surface area contributed by atoms with Crippen LogP contribution in [-0.2, 0) is 0 Å². The third-order valence-electron chi connectivity index (χ3n) is 4.54. The van der Waals surface area contributed by atoms with Crippen molar-refractivity contribution in [2.75, 3.05) is 43.5 Å². The van der Waals surface area contributed by atoms with Crippen molar-refractivity contribution in [1.82, 2.24) is 4.90 Å². The summed E-state index contributed by atoms with van der Waals surface area (Å²) in [6.07, 6.45) is 0. The second-order valence-electron chi connectivity index (χ2n) is 6.21. The molecule has 0 atom stereocenters. The average molecular weight is 369 g/mol. The van der Waals surface area contributed by atoms with E-state index < -0.39 is 0 Å². The number of hydrogen-bond donors (Lipinski definition) is 1. The van der Waals surface area contributed by atoms with Crippen LogP contribution >= 0.6 is 12.2 Å². The first kappa shape index (κ1) is 18.2. The van der Waals surface area contributed by atoms with E-state index in [4.69, 9.17) is 17.0 Å². The minimum absolute atomic E-state index is 0.0617. The molecule has 1 N–H and O–H groups in total. The number of carbonyl (C=O) groups is 1. The molecule has 2 aromatic carbocycles. The monoisotopic (exact) mass is 369 g/mol. The number of ether oxygens (including phenoxy) is 1. The number of thiocarbonyl (C=S) groups is 1. The second kappa shape index (κ2) is 8.19. The number of nitrogens with zero attached hydrogens (tertiary/aromatic N) is 2. The largest absolute Gasteiger partial charge is 0.495 e. The van der Waals surface area contributed by atoms with E-state index in [0.717, 1.165) is 43.3 Å². The minimum Gasteiger partial charge on any atom is -0.495 e. The number of anilines is 2. The molecule has 1 saturated heterocycles. The van der Waals surface area contributed by atoms with Crippen LogP contribution in [0, 0.1) is 0 Å². The number of hydrogen-bond acceptors (Lipinski definition) is 4. The highest BCUT2D eigenvalue weighted by Gasteiger charge is 2.21. The lowest BCUT2D eigenvalue weighted by Crippen LogP contribution is -2.50. The van der Waals surface area contributed by atoms with Crippen LogP contribution in [-0.4, -0.2) is 49.1 Å². The maximum atomic E-state index is 11.4. The predicted octanol–water partition coefficient (Wildman–Crippen LogP) is 3.42. The van der Waals surface area contributed by atoms with Gasteiger partial charge in [-0.25, -0.2) is 0 Å². The number of piperazine rings is 1.